The van der Waals surface area contributed by atoms with Crippen LogP contribution in [0, 0.1) is 6.92 Å². The highest BCUT2D eigenvalue weighted by molar-refractivity contribution is 5.98. The van der Waals surface area contributed by atoms with Crippen LogP contribution in [-0.2, 0) is 0 Å². The van der Waals surface area contributed by atoms with Crippen LogP contribution in [0.25, 0.3) is 0 Å². The molecule has 0 N–H and O–H groups in total. The van der Waals surface area contributed by atoms with Crippen LogP contribution < -0.4 is 0 Å². The summed E-state index contributed by atoms with van der Waals surface area (Å²) in [5.74, 6) is -0.210. The van der Waals surface area contributed by atoms with Crippen LogP contribution in [-0.4, -0.2) is 31.2 Å². The number of hydrogen-bond donors (Lipinski definition) is 0. The minimum atomic E-state index is -0.210. The minimum Gasteiger partial charge on any atom is -0.369 e. The Kier molecular flexibility index (Phi) is 3.40. The number of nitrogens with zero attached hydrogens (tertiary/aromatic N) is 2. The molecule has 0 bridgehead atoms. The van der Waals surface area contributed by atoms with E-state index in [1.807, 2.05) is 33.2 Å². The van der Waals surface area contributed by atoms with Crippen molar-refractivity contribution in [3.8, 4) is 0 Å². The van der Waals surface area contributed by atoms with Gasteiger partial charge in [0.15, 0.2) is 0 Å². The number of aryl methyl sites for hydroxylation is 1. The second-order valence-corrected chi connectivity index (χ2v) is 3.38. The van der Waals surface area contributed by atoms with Gasteiger partial charge in [0.1, 0.15) is 0 Å². The number of benzene rings is 1. The van der Waals surface area contributed by atoms with Crippen molar-refractivity contribution >= 4 is 12.2 Å². The molecule has 0 aliphatic heterocycles. The van der Waals surface area contributed by atoms with Crippen molar-refractivity contribution in [2.45, 2.75) is 6.92 Å². The van der Waals surface area contributed by atoms with Crippen molar-refractivity contribution in [2.75, 3.05) is 14.1 Å². The molecule has 0 atom stereocenters. The predicted molar refractivity (Wildman–Crippen MR) is 57.7 cm³/mol. The molecule has 0 radical (unpaired) electrons. The normalized spacial score (nSPS) is 10.5. The highest BCUT2D eigenvalue weighted by Crippen LogP contribution is 2.04. The monoisotopic (exact) mass is 190 g/mol. The maximum absolute atomic E-state index is 11.4. The van der Waals surface area contributed by atoms with Crippen LogP contribution in [0.2, 0.25) is 0 Å². The molecule has 3 heteroatoms. The third kappa shape index (κ3) is 3.01. The second kappa shape index (κ2) is 4.56. The summed E-state index contributed by atoms with van der Waals surface area (Å²) in [5, 5.41) is 0. The molecule has 3 nitrogen and oxygen atoms in total. The van der Waals surface area contributed by atoms with Crippen LogP contribution >= 0.6 is 0 Å². The van der Waals surface area contributed by atoms with Crippen molar-refractivity contribution in [2.24, 2.45) is 4.99 Å². The van der Waals surface area contributed by atoms with Crippen LogP contribution in [0.3, 0.4) is 0 Å². The number of rotatable bonds is 2. The predicted octanol–water partition coefficient (Wildman–Crippen LogP) is 1.73. The smallest absolute Gasteiger partial charge is 0.278 e. The van der Waals surface area contributed by atoms with E-state index in [2.05, 4.69) is 4.99 Å². The van der Waals surface area contributed by atoms with Gasteiger partial charge in [-0.15, -0.1) is 0 Å². The van der Waals surface area contributed by atoms with Gasteiger partial charge in [-0.05, 0) is 19.1 Å². The molecule has 0 unspecified atom stereocenters. The topological polar surface area (TPSA) is 32.7 Å². The summed E-state index contributed by atoms with van der Waals surface area (Å²) < 4.78 is 0. The highest BCUT2D eigenvalue weighted by Gasteiger charge is 2.01. The molecular weight excluding hydrogens is 176 g/mol. The molecule has 0 aliphatic rings. The summed E-state index contributed by atoms with van der Waals surface area (Å²) in [6.07, 6.45) is 1.50. The maximum atomic E-state index is 11.4. The lowest BCUT2D eigenvalue weighted by Gasteiger charge is -2.01. The van der Waals surface area contributed by atoms with Gasteiger partial charge in [-0.3, -0.25) is 4.79 Å². The summed E-state index contributed by atoms with van der Waals surface area (Å²) in [6.45, 7) is 1.98. The molecule has 14 heavy (non-hydrogen) atoms. The average Bonchev–Trinajstić information content (AvgIpc) is 2.15. The Bertz CT molecular complexity index is 339. The van der Waals surface area contributed by atoms with Crippen molar-refractivity contribution in [1.82, 2.24) is 4.90 Å². The lowest BCUT2D eigenvalue weighted by molar-refractivity contribution is 0.100. The first-order chi connectivity index (χ1) is 6.59. The standard InChI is InChI=1S/C11H14N2O/c1-9-4-6-10(7-5-9)11(14)12-8-13(2)3/h4-8H,1-3H3/b12-8+. The van der Waals surface area contributed by atoms with Crippen LogP contribution in [0.5, 0.6) is 0 Å². The number of aliphatic imine (C=N–C) groups is 1. The summed E-state index contributed by atoms with van der Waals surface area (Å²) in [6, 6.07) is 7.37. The molecule has 0 spiro atoms. The van der Waals surface area contributed by atoms with Crippen LogP contribution in [0.1, 0.15) is 15.9 Å². The van der Waals surface area contributed by atoms with E-state index < -0.39 is 0 Å². The molecule has 0 saturated carbocycles. The SMILES string of the molecule is Cc1ccc(C(=O)/N=C/N(C)C)cc1. The van der Waals surface area contributed by atoms with E-state index in [0.29, 0.717) is 5.56 Å². The zero-order chi connectivity index (χ0) is 10.6. The van der Waals surface area contributed by atoms with Crippen molar-refractivity contribution in [3.05, 3.63) is 35.4 Å². The van der Waals surface area contributed by atoms with E-state index in [1.165, 1.54) is 6.34 Å². The first-order valence-electron chi connectivity index (χ1n) is 4.41. The van der Waals surface area contributed by atoms with Crippen molar-refractivity contribution in [3.63, 3.8) is 0 Å². The van der Waals surface area contributed by atoms with Gasteiger partial charge >= 0.3 is 0 Å². The molecule has 1 aromatic rings. The van der Waals surface area contributed by atoms with E-state index in [9.17, 15) is 4.79 Å². The van der Waals surface area contributed by atoms with Gasteiger partial charge in [-0.1, -0.05) is 17.7 Å². The third-order valence-electron chi connectivity index (χ3n) is 1.70. The first-order valence-corrected chi connectivity index (χ1v) is 4.41. The second-order valence-electron chi connectivity index (χ2n) is 3.38. The van der Waals surface area contributed by atoms with Gasteiger partial charge in [0.25, 0.3) is 5.91 Å². The van der Waals surface area contributed by atoms with E-state index in [-0.39, 0.29) is 5.91 Å². The highest BCUT2D eigenvalue weighted by atomic mass is 16.1. The molecule has 1 aromatic carbocycles. The fourth-order valence-corrected chi connectivity index (χ4v) is 0.939. The van der Waals surface area contributed by atoms with Crippen LogP contribution in [0.15, 0.2) is 29.3 Å². The van der Waals surface area contributed by atoms with E-state index in [4.69, 9.17) is 0 Å². The molecule has 0 saturated heterocycles. The average molecular weight is 190 g/mol. The largest absolute Gasteiger partial charge is 0.369 e. The molecule has 0 heterocycles. The Balaban J connectivity index is 2.75. The fourth-order valence-electron chi connectivity index (χ4n) is 0.939. The summed E-state index contributed by atoms with van der Waals surface area (Å²) >= 11 is 0. The fraction of sp³-hybridized carbons (Fsp3) is 0.273. The molecule has 1 amide bonds. The Morgan fingerprint density at radius 3 is 2.36 bits per heavy atom. The van der Waals surface area contributed by atoms with Crippen LogP contribution in [0.4, 0.5) is 0 Å². The van der Waals surface area contributed by atoms with Gasteiger partial charge < -0.3 is 4.90 Å². The van der Waals surface area contributed by atoms with Gasteiger partial charge in [0.05, 0.1) is 6.34 Å². The summed E-state index contributed by atoms with van der Waals surface area (Å²) in [5.41, 5.74) is 1.76. The number of carbonyl (C=O) groups is 1. The zero-order valence-corrected chi connectivity index (χ0v) is 8.69. The molecule has 0 aliphatic carbocycles. The Morgan fingerprint density at radius 1 is 1.29 bits per heavy atom. The number of amides is 1. The third-order valence-corrected chi connectivity index (χ3v) is 1.70. The minimum absolute atomic E-state index is 0.210. The molecule has 74 valence electrons. The van der Waals surface area contributed by atoms with Gasteiger partial charge in [0.2, 0.25) is 0 Å². The van der Waals surface area contributed by atoms with E-state index >= 15 is 0 Å². The van der Waals surface area contributed by atoms with E-state index in [1.54, 1.807) is 17.0 Å². The Labute approximate surface area is 84.1 Å². The van der Waals surface area contributed by atoms with Gasteiger partial charge in [0, 0.05) is 19.7 Å². The number of hydrogen-bond acceptors (Lipinski definition) is 1. The lowest BCUT2D eigenvalue weighted by atomic mass is 10.1. The summed E-state index contributed by atoms with van der Waals surface area (Å²) in [4.78, 5) is 16.9. The van der Waals surface area contributed by atoms with Crippen molar-refractivity contribution in [1.29, 1.82) is 0 Å². The van der Waals surface area contributed by atoms with Crippen molar-refractivity contribution < 1.29 is 4.79 Å². The molecule has 0 fully saturated rings. The lowest BCUT2D eigenvalue weighted by Crippen LogP contribution is -2.09. The molecule has 0 aromatic heterocycles. The number of carbonyl (C=O) groups excluding carboxylic acids is 1. The maximum Gasteiger partial charge on any atom is 0.278 e. The van der Waals surface area contributed by atoms with E-state index in [0.717, 1.165) is 5.56 Å². The Hall–Kier alpha value is -1.64. The zero-order valence-electron chi connectivity index (χ0n) is 8.69. The first kappa shape index (κ1) is 10.4. The van der Waals surface area contributed by atoms with Gasteiger partial charge in [-0.2, -0.15) is 4.99 Å². The summed E-state index contributed by atoms with van der Waals surface area (Å²) in [7, 11) is 3.65. The Morgan fingerprint density at radius 2 is 1.86 bits per heavy atom. The van der Waals surface area contributed by atoms with Gasteiger partial charge in [-0.25, -0.2) is 0 Å². The molecule has 1 rings (SSSR count). The molecular formula is C11H14N2O. The quantitative estimate of drug-likeness (QED) is 0.525.